The summed E-state index contributed by atoms with van der Waals surface area (Å²) in [5.41, 5.74) is 7.74. The van der Waals surface area contributed by atoms with Gasteiger partial charge in [-0.05, 0) is 38.3 Å². The number of rotatable bonds is 2. The van der Waals surface area contributed by atoms with Crippen molar-refractivity contribution in [2.24, 2.45) is 11.7 Å². The number of piperidine rings is 1. The van der Waals surface area contributed by atoms with Crippen molar-refractivity contribution in [3.63, 3.8) is 0 Å². The molecule has 0 bridgehead atoms. The average Bonchev–Trinajstić information content (AvgIpc) is 2.33. The van der Waals surface area contributed by atoms with Crippen LogP contribution in [0.3, 0.4) is 0 Å². The van der Waals surface area contributed by atoms with E-state index in [0.717, 1.165) is 36.0 Å². The molecule has 1 aliphatic heterocycles. The second kappa shape index (κ2) is 5.02. The van der Waals surface area contributed by atoms with Crippen LogP contribution in [0.1, 0.15) is 18.5 Å². The van der Waals surface area contributed by atoms with Crippen molar-refractivity contribution >= 4 is 17.3 Å². The molecule has 3 nitrogen and oxygen atoms in total. The lowest BCUT2D eigenvalue weighted by molar-refractivity contribution is 0.423. The Morgan fingerprint density at radius 1 is 1.62 bits per heavy atom. The summed E-state index contributed by atoms with van der Waals surface area (Å²) in [4.78, 5) is 6.52. The number of hydrogen-bond donors (Lipinski definition) is 1. The number of anilines is 1. The van der Waals surface area contributed by atoms with Crippen molar-refractivity contribution in [1.82, 2.24) is 4.98 Å². The molecule has 4 heteroatoms. The maximum absolute atomic E-state index is 6.28. The third-order valence-electron chi connectivity index (χ3n) is 3.24. The standard InChI is InChI=1S/C12H18ClN3/c1-9-12(13)11(4-5-15-9)16-6-2-3-10(7-14)8-16/h4-5,10H,2-3,6-8,14H2,1H3. The van der Waals surface area contributed by atoms with Gasteiger partial charge in [0.2, 0.25) is 0 Å². The fraction of sp³-hybridized carbons (Fsp3) is 0.583. The normalized spacial score (nSPS) is 21.2. The van der Waals surface area contributed by atoms with Gasteiger partial charge in [0, 0.05) is 19.3 Å². The van der Waals surface area contributed by atoms with Gasteiger partial charge < -0.3 is 10.6 Å². The van der Waals surface area contributed by atoms with E-state index in [1.54, 1.807) is 0 Å². The molecule has 0 radical (unpaired) electrons. The van der Waals surface area contributed by atoms with E-state index in [4.69, 9.17) is 17.3 Å². The highest BCUT2D eigenvalue weighted by atomic mass is 35.5. The van der Waals surface area contributed by atoms with Gasteiger partial charge in [0.25, 0.3) is 0 Å². The molecule has 16 heavy (non-hydrogen) atoms. The number of aromatic nitrogens is 1. The van der Waals surface area contributed by atoms with Crippen molar-refractivity contribution in [2.45, 2.75) is 19.8 Å². The monoisotopic (exact) mass is 239 g/mol. The van der Waals surface area contributed by atoms with Crippen LogP contribution >= 0.6 is 11.6 Å². The van der Waals surface area contributed by atoms with Gasteiger partial charge in [0.1, 0.15) is 0 Å². The summed E-state index contributed by atoms with van der Waals surface area (Å²) in [6.45, 7) is 4.79. The molecule has 1 saturated heterocycles. The molecule has 1 fully saturated rings. The number of nitrogens with two attached hydrogens (primary N) is 1. The summed E-state index contributed by atoms with van der Waals surface area (Å²) in [7, 11) is 0. The molecule has 2 heterocycles. The topological polar surface area (TPSA) is 42.2 Å². The third-order valence-corrected chi connectivity index (χ3v) is 3.70. The van der Waals surface area contributed by atoms with Crippen LogP contribution in [0.4, 0.5) is 5.69 Å². The van der Waals surface area contributed by atoms with Crippen LogP contribution in [0.5, 0.6) is 0 Å². The third kappa shape index (κ3) is 2.30. The zero-order valence-electron chi connectivity index (χ0n) is 9.62. The van der Waals surface area contributed by atoms with E-state index >= 15 is 0 Å². The van der Waals surface area contributed by atoms with Gasteiger partial charge >= 0.3 is 0 Å². The summed E-state index contributed by atoms with van der Waals surface area (Å²) in [5, 5.41) is 0.778. The SMILES string of the molecule is Cc1nccc(N2CCCC(CN)C2)c1Cl. The Morgan fingerprint density at radius 3 is 3.19 bits per heavy atom. The van der Waals surface area contributed by atoms with E-state index in [1.807, 2.05) is 19.2 Å². The molecular weight excluding hydrogens is 222 g/mol. The van der Waals surface area contributed by atoms with Gasteiger partial charge in [-0.3, -0.25) is 4.98 Å². The predicted octanol–water partition coefficient (Wildman–Crippen LogP) is 2.22. The lowest BCUT2D eigenvalue weighted by Crippen LogP contribution is -2.38. The lowest BCUT2D eigenvalue weighted by atomic mass is 9.98. The first-order valence-electron chi connectivity index (χ1n) is 5.78. The first-order valence-corrected chi connectivity index (χ1v) is 6.16. The second-order valence-corrected chi connectivity index (χ2v) is 4.80. The van der Waals surface area contributed by atoms with Crippen LogP contribution in [-0.2, 0) is 0 Å². The van der Waals surface area contributed by atoms with Crippen LogP contribution in [-0.4, -0.2) is 24.6 Å². The molecule has 0 spiro atoms. The molecule has 2 N–H and O–H groups in total. The van der Waals surface area contributed by atoms with Gasteiger partial charge in [-0.15, -0.1) is 0 Å². The summed E-state index contributed by atoms with van der Waals surface area (Å²) in [6, 6.07) is 1.99. The second-order valence-electron chi connectivity index (χ2n) is 4.42. The van der Waals surface area contributed by atoms with E-state index in [2.05, 4.69) is 9.88 Å². The summed E-state index contributed by atoms with van der Waals surface area (Å²) in [5.74, 6) is 0.596. The summed E-state index contributed by atoms with van der Waals surface area (Å²) >= 11 is 6.28. The molecule has 2 rings (SSSR count). The van der Waals surface area contributed by atoms with Crippen molar-refractivity contribution in [1.29, 1.82) is 0 Å². The quantitative estimate of drug-likeness (QED) is 0.861. The number of halogens is 1. The van der Waals surface area contributed by atoms with Crippen LogP contribution in [0.15, 0.2) is 12.3 Å². The maximum Gasteiger partial charge on any atom is 0.0851 e. The first kappa shape index (κ1) is 11.7. The van der Waals surface area contributed by atoms with E-state index in [9.17, 15) is 0 Å². The molecule has 0 saturated carbocycles. The minimum absolute atomic E-state index is 0.596. The van der Waals surface area contributed by atoms with Gasteiger partial charge in [-0.25, -0.2) is 0 Å². The van der Waals surface area contributed by atoms with Gasteiger partial charge in [-0.2, -0.15) is 0 Å². The van der Waals surface area contributed by atoms with Crippen molar-refractivity contribution < 1.29 is 0 Å². The van der Waals surface area contributed by atoms with Crippen molar-refractivity contribution in [2.75, 3.05) is 24.5 Å². The van der Waals surface area contributed by atoms with Gasteiger partial charge in [0.05, 0.1) is 16.4 Å². The molecule has 0 aromatic carbocycles. The van der Waals surface area contributed by atoms with Crippen molar-refractivity contribution in [3.8, 4) is 0 Å². The highest BCUT2D eigenvalue weighted by Gasteiger charge is 2.21. The molecule has 0 amide bonds. The van der Waals surface area contributed by atoms with Crippen LogP contribution in [0.25, 0.3) is 0 Å². The zero-order chi connectivity index (χ0) is 11.5. The Labute approximate surface area is 102 Å². The summed E-state index contributed by atoms with van der Waals surface area (Å²) < 4.78 is 0. The molecular formula is C12H18ClN3. The Kier molecular flexibility index (Phi) is 3.66. The molecule has 1 aromatic heterocycles. The Hall–Kier alpha value is -0.800. The van der Waals surface area contributed by atoms with Crippen LogP contribution < -0.4 is 10.6 Å². The lowest BCUT2D eigenvalue weighted by Gasteiger charge is -2.34. The highest BCUT2D eigenvalue weighted by Crippen LogP contribution is 2.30. The molecule has 1 aliphatic rings. The number of nitrogens with zero attached hydrogens (tertiary/aromatic N) is 2. The number of pyridine rings is 1. The highest BCUT2D eigenvalue weighted by molar-refractivity contribution is 6.33. The minimum Gasteiger partial charge on any atom is -0.370 e. The van der Waals surface area contributed by atoms with E-state index in [0.29, 0.717) is 5.92 Å². The fourth-order valence-corrected chi connectivity index (χ4v) is 2.49. The van der Waals surface area contributed by atoms with Crippen molar-refractivity contribution in [3.05, 3.63) is 23.0 Å². The van der Waals surface area contributed by atoms with Gasteiger partial charge in [-0.1, -0.05) is 11.6 Å². The maximum atomic E-state index is 6.28. The molecule has 0 aliphatic carbocycles. The van der Waals surface area contributed by atoms with Gasteiger partial charge in [0.15, 0.2) is 0 Å². The summed E-state index contributed by atoms with van der Waals surface area (Å²) in [6.07, 6.45) is 4.25. The zero-order valence-corrected chi connectivity index (χ0v) is 10.4. The Morgan fingerprint density at radius 2 is 2.44 bits per heavy atom. The largest absolute Gasteiger partial charge is 0.370 e. The molecule has 1 aromatic rings. The average molecular weight is 240 g/mol. The van der Waals surface area contributed by atoms with Crippen LogP contribution in [0.2, 0.25) is 5.02 Å². The predicted molar refractivity (Wildman–Crippen MR) is 68.0 cm³/mol. The molecule has 1 atom stereocenters. The fourth-order valence-electron chi connectivity index (χ4n) is 2.26. The smallest absolute Gasteiger partial charge is 0.0851 e. The van der Waals surface area contributed by atoms with E-state index < -0.39 is 0 Å². The van der Waals surface area contributed by atoms with E-state index in [1.165, 1.54) is 12.8 Å². The number of hydrogen-bond acceptors (Lipinski definition) is 3. The number of aryl methyl sites for hydroxylation is 1. The van der Waals surface area contributed by atoms with Crippen LogP contribution in [0, 0.1) is 12.8 Å². The minimum atomic E-state index is 0.596. The first-order chi connectivity index (χ1) is 7.72. The Balaban J connectivity index is 2.20. The van der Waals surface area contributed by atoms with E-state index in [-0.39, 0.29) is 0 Å². The Bertz CT molecular complexity index is 367. The molecule has 1 unspecified atom stereocenters. The molecule has 88 valence electrons.